The Labute approximate surface area is 153 Å². The van der Waals surface area contributed by atoms with E-state index in [2.05, 4.69) is 21.9 Å². The smallest absolute Gasteiger partial charge is 0.327 e. The van der Waals surface area contributed by atoms with Gasteiger partial charge in [0.05, 0.1) is 5.52 Å². The summed E-state index contributed by atoms with van der Waals surface area (Å²) < 4.78 is 40.5. The van der Waals surface area contributed by atoms with Gasteiger partial charge in [0.25, 0.3) is 0 Å². The van der Waals surface area contributed by atoms with E-state index in [0.717, 1.165) is 31.5 Å². The Morgan fingerprint density at radius 2 is 2.08 bits per heavy atom. The van der Waals surface area contributed by atoms with Gasteiger partial charge in [-0.2, -0.15) is 13.2 Å². The van der Waals surface area contributed by atoms with Crippen molar-refractivity contribution in [3.05, 3.63) is 35.2 Å². The predicted octanol–water partition coefficient (Wildman–Crippen LogP) is 4.61. The molecule has 1 fully saturated rings. The van der Waals surface area contributed by atoms with E-state index < -0.39 is 12.7 Å². The maximum Gasteiger partial charge on any atom is 0.406 e. The molecule has 3 aromatic rings. The number of aromatic nitrogens is 3. The van der Waals surface area contributed by atoms with Gasteiger partial charge in [-0.05, 0) is 50.0 Å². The van der Waals surface area contributed by atoms with Crippen molar-refractivity contribution in [1.29, 1.82) is 0 Å². The van der Waals surface area contributed by atoms with Gasteiger partial charge < -0.3 is 9.47 Å². The molecule has 1 saturated heterocycles. The number of rotatable bonds is 2. The van der Waals surface area contributed by atoms with Crippen LogP contribution in [0.2, 0.25) is 5.15 Å². The number of benzene rings is 1. The lowest BCUT2D eigenvalue weighted by Gasteiger charge is -2.30. The molecule has 0 N–H and O–H groups in total. The zero-order valence-electron chi connectivity index (χ0n) is 14.2. The first-order valence-electron chi connectivity index (χ1n) is 8.51. The van der Waals surface area contributed by atoms with Crippen molar-refractivity contribution < 1.29 is 13.2 Å². The molecule has 26 heavy (non-hydrogen) atoms. The molecule has 0 unspecified atom stereocenters. The van der Waals surface area contributed by atoms with Crippen LogP contribution < -0.4 is 0 Å². The van der Waals surface area contributed by atoms with Crippen LogP contribution in [0, 0.1) is 0 Å². The minimum Gasteiger partial charge on any atom is -0.327 e. The SMILES string of the molecule is CN1CCC[C@H](c2ccc3c(c2)c2ncnc(Cl)c2n3CC(F)(F)F)C1. The van der Waals surface area contributed by atoms with Crippen LogP contribution >= 0.6 is 11.6 Å². The third kappa shape index (κ3) is 3.14. The van der Waals surface area contributed by atoms with Gasteiger partial charge in [0.15, 0.2) is 5.15 Å². The van der Waals surface area contributed by atoms with Crippen molar-refractivity contribution in [1.82, 2.24) is 19.4 Å². The van der Waals surface area contributed by atoms with E-state index in [-0.39, 0.29) is 10.7 Å². The van der Waals surface area contributed by atoms with Crippen LogP contribution in [0.15, 0.2) is 24.5 Å². The number of hydrogen-bond acceptors (Lipinski definition) is 3. The zero-order valence-corrected chi connectivity index (χ0v) is 15.0. The molecular formula is C18H18ClF3N4. The van der Waals surface area contributed by atoms with Crippen LogP contribution in [0.25, 0.3) is 21.9 Å². The lowest BCUT2D eigenvalue weighted by atomic mass is 9.90. The normalized spacial score (nSPS) is 19.5. The fourth-order valence-corrected chi connectivity index (χ4v) is 4.16. The molecule has 1 aliphatic heterocycles. The topological polar surface area (TPSA) is 34.0 Å². The molecule has 138 valence electrons. The van der Waals surface area contributed by atoms with Gasteiger partial charge in [-0.3, -0.25) is 0 Å². The van der Waals surface area contributed by atoms with Crippen LogP contribution in [-0.2, 0) is 6.54 Å². The first-order valence-corrected chi connectivity index (χ1v) is 8.89. The maximum absolute atomic E-state index is 13.1. The monoisotopic (exact) mass is 382 g/mol. The average Bonchev–Trinajstić information content (AvgIpc) is 2.88. The highest BCUT2D eigenvalue weighted by Crippen LogP contribution is 2.36. The number of likely N-dealkylation sites (N-methyl/N-ethyl adjacent to an activating group) is 1. The van der Waals surface area contributed by atoms with E-state index in [1.165, 1.54) is 10.9 Å². The number of alkyl halides is 3. The molecule has 0 radical (unpaired) electrons. The largest absolute Gasteiger partial charge is 0.406 e. The second-order valence-corrected chi connectivity index (χ2v) is 7.30. The molecule has 2 aromatic heterocycles. The number of piperidine rings is 1. The molecule has 1 aliphatic rings. The Bertz CT molecular complexity index is 966. The van der Waals surface area contributed by atoms with Gasteiger partial charge in [0.2, 0.25) is 0 Å². The molecular weight excluding hydrogens is 365 g/mol. The minimum absolute atomic E-state index is 0.0365. The quantitative estimate of drug-likeness (QED) is 0.607. The lowest BCUT2D eigenvalue weighted by molar-refractivity contribution is -0.139. The second kappa shape index (κ2) is 6.39. The molecule has 0 saturated carbocycles. The van der Waals surface area contributed by atoms with E-state index in [1.54, 1.807) is 6.07 Å². The van der Waals surface area contributed by atoms with E-state index in [9.17, 15) is 13.2 Å². The Morgan fingerprint density at radius 3 is 2.81 bits per heavy atom. The van der Waals surface area contributed by atoms with Crippen molar-refractivity contribution in [2.75, 3.05) is 20.1 Å². The molecule has 4 rings (SSSR count). The van der Waals surface area contributed by atoms with E-state index >= 15 is 0 Å². The Balaban J connectivity index is 1.90. The zero-order chi connectivity index (χ0) is 18.5. The van der Waals surface area contributed by atoms with Crippen molar-refractivity contribution >= 4 is 33.5 Å². The number of fused-ring (bicyclic) bond motifs is 3. The molecule has 0 aliphatic carbocycles. The third-order valence-electron chi connectivity index (χ3n) is 5.05. The summed E-state index contributed by atoms with van der Waals surface area (Å²) in [7, 11) is 2.09. The molecule has 0 spiro atoms. The summed E-state index contributed by atoms with van der Waals surface area (Å²) in [6.07, 6.45) is -0.873. The van der Waals surface area contributed by atoms with E-state index in [4.69, 9.17) is 11.6 Å². The minimum atomic E-state index is -4.36. The van der Waals surface area contributed by atoms with Gasteiger partial charge in [-0.15, -0.1) is 0 Å². The number of nitrogens with zero attached hydrogens (tertiary/aromatic N) is 4. The van der Waals surface area contributed by atoms with Gasteiger partial charge in [-0.25, -0.2) is 9.97 Å². The predicted molar refractivity (Wildman–Crippen MR) is 95.6 cm³/mol. The standard InChI is InChI=1S/C18H18ClF3N4/c1-25-6-2-3-12(8-25)11-4-5-14-13(7-11)15-16(17(19)24-10-23-15)26(14)9-18(20,21)22/h4-5,7,10,12H,2-3,6,8-9H2,1H3/t12-/m0/s1. The first-order chi connectivity index (χ1) is 12.3. The molecule has 4 nitrogen and oxygen atoms in total. The lowest BCUT2D eigenvalue weighted by Crippen LogP contribution is -2.30. The Hall–Kier alpha value is -1.86. The molecule has 3 heterocycles. The van der Waals surface area contributed by atoms with Crippen LogP contribution in [0.5, 0.6) is 0 Å². The first kappa shape index (κ1) is 17.5. The fourth-order valence-electron chi connectivity index (χ4n) is 3.93. The number of hydrogen-bond donors (Lipinski definition) is 0. The van der Waals surface area contributed by atoms with E-state index in [0.29, 0.717) is 22.3 Å². The third-order valence-corrected chi connectivity index (χ3v) is 5.32. The summed E-state index contributed by atoms with van der Waals surface area (Å²) in [4.78, 5) is 10.4. The van der Waals surface area contributed by atoms with Gasteiger partial charge in [0.1, 0.15) is 23.9 Å². The van der Waals surface area contributed by atoms with E-state index in [1.807, 2.05) is 12.1 Å². The number of halogens is 4. The Kier molecular flexibility index (Phi) is 4.31. The van der Waals surface area contributed by atoms with Crippen LogP contribution in [0.3, 0.4) is 0 Å². The molecule has 0 bridgehead atoms. The Morgan fingerprint density at radius 1 is 1.27 bits per heavy atom. The van der Waals surface area contributed by atoms with Crippen molar-refractivity contribution in [2.45, 2.75) is 31.5 Å². The molecule has 8 heteroatoms. The average molecular weight is 383 g/mol. The van der Waals surface area contributed by atoms with Gasteiger partial charge in [-0.1, -0.05) is 17.7 Å². The van der Waals surface area contributed by atoms with Gasteiger partial charge >= 0.3 is 6.18 Å². The molecule has 0 amide bonds. The van der Waals surface area contributed by atoms with Crippen LogP contribution in [0.4, 0.5) is 13.2 Å². The highest BCUT2D eigenvalue weighted by Gasteiger charge is 2.31. The number of likely N-dealkylation sites (tertiary alicyclic amines) is 1. The second-order valence-electron chi connectivity index (χ2n) is 6.94. The van der Waals surface area contributed by atoms with Crippen molar-refractivity contribution in [2.24, 2.45) is 0 Å². The summed E-state index contributed by atoms with van der Waals surface area (Å²) >= 11 is 6.12. The molecule has 1 atom stereocenters. The van der Waals surface area contributed by atoms with Crippen molar-refractivity contribution in [3.63, 3.8) is 0 Å². The maximum atomic E-state index is 13.1. The summed E-state index contributed by atoms with van der Waals surface area (Å²) in [6.45, 7) is 0.903. The van der Waals surface area contributed by atoms with Crippen LogP contribution in [-0.4, -0.2) is 45.7 Å². The van der Waals surface area contributed by atoms with Crippen molar-refractivity contribution in [3.8, 4) is 0 Å². The summed E-state index contributed by atoms with van der Waals surface area (Å²) in [5, 5.41) is 0.730. The molecule has 1 aromatic carbocycles. The highest BCUT2D eigenvalue weighted by molar-refractivity contribution is 6.34. The van der Waals surface area contributed by atoms with Crippen LogP contribution in [0.1, 0.15) is 24.3 Å². The highest BCUT2D eigenvalue weighted by atomic mass is 35.5. The summed E-state index contributed by atoms with van der Waals surface area (Å²) in [5.74, 6) is 0.372. The fraction of sp³-hybridized carbons (Fsp3) is 0.444. The van der Waals surface area contributed by atoms with Gasteiger partial charge in [0, 0.05) is 11.9 Å². The summed E-state index contributed by atoms with van der Waals surface area (Å²) in [5.41, 5.74) is 2.31. The summed E-state index contributed by atoms with van der Waals surface area (Å²) in [6, 6.07) is 5.65.